The SMILES string of the molecule is NCCC(C(=O)Nc1ccc2[nH]ncc2c1)c1ccccc1F. The Hall–Kier alpha value is -2.73. The summed E-state index contributed by atoms with van der Waals surface area (Å²) in [5.74, 6) is -1.30. The Morgan fingerprint density at radius 3 is 2.91 bits per heavy atom. The number of nitrogens with two attached hydrogens (primary N) is 1. The van der Waals surface area contributed by atoms with Gasteiger partial charge in [-0.05, 0) is 37.2 Å². The molecule has 2 aromatic carbocycles. The van der Waals surface area contributed by atoms with Crippen LogP contribution in [0.2, 0.25) is 0 Å². The number of rotatable bonds is 5. The lowest BCUT2D eigenvalue weighted by molar-refractivity contribution is -0.117. The van der Waals surface area contributed by atoms with Crippen LogP contribution < -0.4 is 11.1 Å². The van der Waals surface area contributed by atoms with E-state index in [0.29, 0.717) is 24.2 Å². The fourth-order valence-electron chi connectivity index (χ4n) is 2.60. The van der Waals surface area contributed by atoms with E-state index < -0.39 is 11.7 Å². The molecule has 0 aliphatic carbocycles. The topological polar surface area (TPSA) is 83.8 Å². The zero-order valence-electron chi connectivity index (χ0n) is 12.4. The third-order valence-corrected chi connectivity index (χ3v) is 3.76. The molecular formula is C17H17FN4O. The Kier molecular flexibility index (Phi) is 4.34. The molecule has 0 fully saturated rings. The largest absolute Gasteiger partial charge is 0.330 e. The van der Waals surface area contributed by atoms with Crippen LogP contribution in [0.15, 0.2) is 48.7 Å². The molecule has 0 radical (unpaired) electrons. The molecule has 3 rings (SSSR count). The number of nitrogens with zero attached hydrogens (tertiary/aromatic N) is 1. The first-order chi connectivity index (χ1) is 11.2. The average Bonchev–Trinajstić information content (AvgIpc) is 3.01. The lowest BCUT2D eigenvalue weighted by Crippen LogP contribution is -2.24. The molecule has 1 amide bonds. The smallest absolute Gasteiger partial charge is 0.232 e. The van der Waals surface area contributed by atoms with Crippen molar-refractivity contribution in [3.63, 3.8) is 0 Å². The number of nitrogens with one attached hydrogen (secondary N) is 2. The minimum Gasteiger partial charge on any atom is -0.330 e. The highest BCUT2D eigenvalue weighted by atomic mass is 19.1. The molecule has 1 unspecified atom stereocenters. The van der Waals surface area contributed by atoms with Crippen LogP contribution in [-0.2, 0) is 4.79 Å². The number of H-pyrrole nitrogens is 1. The van der Waals surface area contributed by atoms with Gasteiger partial charge in [0.1, 0.15) is 5.82 Å². The van der Waals surface area contributed by atoms with Crippen molar-refractivity contribution in [1.29, 1.82) is 0 Å². The summed E-state index contributed by atoms with van der Waals surface area (Å²) in [6.07, 6.45) is 2.06. The van der Waals surface area contributed by atoms with Crippen molar-refractivity contribution < 1.29 is 9.18 Å². The molecule has 5 nitrogen and oxygen atoms in total. The molecule has 0 saturated heterocycles. The third kappa shape index (κ3) is 3.22. The van der Waals surface area contributed by atoms with Crippen LogP contribution in [0.1, 0.15) is 17.9 Å². The second-order valence-corrected chi connectivity index (χ2v) is 5.31. The van der Waals surface area contributed by atoms with Crippen LogP contribution in [0.25, 0.3) is 10.9 Å². The highest BCUT2D eigenvalue weighted by Crippen LogP contribution is 2.25. The quantitative estimate of drug-likeness (QED) is 0.677. The third-order valence-electron chi connectivity index (χ3n) is 3.76. The molecule has 118 valence electrons. The zero-order valence-corrected chi connectivity index (χ0v) is 12.4. The Labute approximate surface area is 132 Å². The molecule has 1 heterocycles. The predicted octanol–water partition coefficient (Wildman–Crippen LogP) is 2.77. The molecule has 0 spiro atoms. The van der Waals surface area contributed by atoms with E-state index in [1.807, 2.05) is 12.1 Å². The first-order valence-electron chi connectivity index (χ1n) is 7.37. The number of hydrogen-bond acceptors (Lipinski definition) is 3. The van der Waals surface area contributed by atoms with Crippen LogP contribution in [0.4, 0.5) is 10.1 Å². The first kappa shape index (κ1) is 15.2. The summed E-state index contributed by atoms with van der Waals surface area (Å²) < 4.78 is 14.0. The fourth-order valence-corrected chi connectivity index (χ4v) is 2.60. The number of aromatic nitrogens is 2. The van der Waals surface area contributed by atoms with Gasteiger partial charge in [-0.15, -0.1) is 0 Å². The number of carbonyl (C=O) groups is 1. The molecule has 0 aliphatic heterocycles. The van der Waals surface area contributed by atoms with E-state index in [9.17, 15) is 9.18 Å². The highest BCUT2D eigenvalue weighted by molar-refractivity contribution is 5.97. The van der Waals surface area contributed by atoms with Crippen LogP contribution >= 0.6 is 0 Å². The minimum atomic E-state index is -0.624. The molecule has 3 aromatic rings. The van der Waals surface area contributed by atoms with Gasteiger partial charge in [-0.3, -0.25) is 9.89 Å². The monoisotopic (exact) mass is 312 g/mol. The summed E-state index contributed by atoms with van der Waals surface area (Å²) >= 11 is 0. The molecule has 1 atom stereocenters. The Morgan fingerprint density at radius 1 is 1.30 bits per heavy atom. The molecule has 0 bridgehead atoms. The standard InChI is InChI=1S/C17H17FN4O/c18-15-4-2-1-3-13(15)14(7-8-19)17(23)21-12-5-6-16-11(9-12)10-20-22-16/h1-6,9-10,14H,7-8,19H2,(H,20,22)(H,21,23). The van der Waals surface area contributed by atoms with Gasteiger partial charge in [-0.2, -0.15) is 5.10 Å². The maximum Gasteiger partial charge on any atom is 0.232 e. The van der Waals surface area contributed by atoms with Crippen molar-refractivity contribution in [3.05, 3.63) is 60.0 Å². The summed E-state index contributed by atoms with van der Waals surface area (Å²) in [6, 6.07) is 11.7. The zero-order chi connectivity index (χ0) is 16.2. The highest BCUT2D eigenvalue weighted by Gasteiger charge is 2.23. The van der Waals surface area contributed by atoms with Crippen molar-refractivity contribution in [2.45, 2.75) is 12.3 Å². The van der Waals surface area contributed by atoms with Crippen molar-refractivity contribution in [3.8, 4) is 0 Å². The minimum absolute atomic E-state index is 0.275. The van der Waals surface area contributed by atoms with Gasteiger partial charge in [0.05, 0.1) is 17.6 Å². The number of fused-ring (bicyclic) bond motifs is 1. The number of anilines is 1. The summed E-state index contributed by atoms with van der Waals surface area (Å²) in [7, 11) is 0. The average molecular weight is 312 g/mol. The van der Waals surface area contributed by atoms with E-state index in [1.54, 1.807) is 30.5 Å². The van der Waals surface area contributed by atoms with Gasteiger partial charge in [0.25, 0.3) is 0 Å². The summed E-state index contributed by atoms with van der Waals surface area (Å²) in [5.41, 5.74) is 7.48. The number of amides is 1. The van der Waals surface area contributed by atoms with E-state index >= 15 is 0 Å². The van der Waals surface area contributed by atoms with Crippen LogP contribution in [-0.4, -0.2) is 22.6 Å². The van der Waals surface area contributed by atoms with Gasteiger partial charge in [0, 0.05) is 16.6 Å². The number of carbonyl (C=O) groups excluding carboxylic acids is 1. The maximum atomic E-state index is 14.0. The molecule has 6 heteroatoms. The van der Waals surface area contributed by atoms with E-state index in [1.165, 1.54) is 6.07 Å². The normalized spacial score (nSPS) is 12.3. The lowest BCUT2D eigenvalue weighted by atomic mass is 9.94. The van der Waals surface area contributed by atoms with Crippen molar-refractivity contribution >= 4 is 22.5 Å². The van der Waals surface area contributed by atoms with Crippen LogP contribution in [0, 0.1) is 5.82 Å². The lowest BCUT2D eigenvalue weighted by Gasteiger charge is -2.17. The second-order valence-electron chi connectivity index (χ2n) is 5.31. The number of hydrogen-bond donors (Lipinski definition) is 3. The van der Waals surface area contributed by atoms with Gasteiger partial charge in [0.15, 0.2) is 0 Å². The Morgan fingerprint density at radius 2 is 2.13 bits per heavy atom. The Bertz CT molecular complexity index is 830. The molecule has 0 aliphatic rings. The van der Waals surface area contributed by atoms with E-state index in [0.717, 1.165) is 10.9 Å². The summed E-state index contributed by atoms with van der Waals surface area (Å²) in [5, 5.41) is 10.5. The molecule has 1 aromatic heterocycles. The predicted molar refractivity (Wildman–Crippen MR) is 87.5 cm³/mol. The summed E-state index contributed by atoms with van der Waals surface area (Å²) in [6.45, 7) is 0.299. The molecular weight excluding hydrogens is 295 g/mol. The van der Waals surface area contributed by atoms with Gasteiger partial charge in [0.2, 0.25) is 5.91 Å². The molecule has 0 saturated carbocycles. The fraction of sp³-hybridized carbons (Fsp3) is 0.176. The van der Waals surface area contributed by atoms with Gasteiger partial charge < -0.3 is 11.1 Å². The number of halogens is 1. The van der Waals surface area contributed by atoms with E-state index in [2.05, 4.69) is 15.5 Å². The van der Waals surface area contributed by atoms with Crippen LogP contribution in [0.5, 0.6) is 0 Å². The van der Waals surface area contributed by atoms with Gasteiger partial charge in [-0.1, -0.05) is 18.2 Å². The molecule has 23 heavy (non-hydrogen) atoms. The Balaban J connectivity index is 1.85. The number of benzene rings is 2. The van der Waals surface area contributed by atoms with Crippen molar-refractivity contribution in [1.82, 2.24) is 10.2 Å². The molecule has 4 N–H and O–H groups in total. The van der Waals surface area contributed by atoms with Crippen LogP contribution in [0.3, 0.4) is 0 Å². The first-order valence-corrected chi connectivity index (χ1v) is 7.37. The summed E-state index contributed by atoms with van der Waals surface area (Å²) in [4.78, 5) is 12.6. The van der Waals surface area contributed by atoms with Gasteiger partial charge in [-0.25, -0.2) is 4.39 Å². The number of aromatic amines is 1. The van der Waals surface area contributed by atoms with E-state index in [4.69, 9.17) is 5.73 Å². The van der Waals surface area contributed by atoms with Crippen molar-refractivity contribution in [2.75, 3.05) is 11.9 Å². The van der Waals surface area contributed by atoms with E-state index in [-0.39, 0.29) is 5.91 Å². The second kappa shape index (κ2) is 6.58. The maximum absolute atomic E-state index is 14.0. The van der Waals surface area contributed by atoms with Crippen molar-refractivity contribution in [2.24, 2.45) is 5.73 Å². The van der Waals surface area contributed by atoms with Gasteiger partial charge >= 0.3 is 0 Å².